The molecule has 2 aromatic rings. The molecular formula is C18H28N2O2SSi. The SMILES string of the molecule is C[Si](C)(C)CCOCOc1ccc(N)c(NCCc2cccs2)c1. The van der Waals surface area contributed by atoms with Gasteiger partial charge in [0.2, 0.25) is 0 Å². The average molecular weight is 365 g/mol. The van der Waals surface area contributed by atoms with Crippen molar-refractivity contribution in [3.63, 3.8) is 0 Å². The number of benzene rings is 1. The van der Waals surface area contributed by atoms with Crippen LogP contribution < -0.4 is 15.8 Å². The van der Waals surface area contributed by atoms with E-state index in [4.69, 9.17) is 15.2 Å². The van der Waals surface area contributed by atoms with Crippen molar-refractivity contribution in [1.82, 2.24) is 0 Å². The lowest BCUT2D eigenvalue weighted by Crippen LogP contribution is -2.22. The van der Waals surface area contributed by atoms with Crippen molar-refractivity contribution in [3.8, 4) is 5.75 Å². The molecule has 2 rings (SSSR count). The Balaban J connectivity index is 1.75. The van der Waals surface area contributed by atoms with Crippen LogP contribution in [0.1, 0.15) is 4.88 Å². The minimum Gasteiger partial charge on any atom is -0.467 e. The maximum Gasteiger partial charge on any atom is 0.189 e. The van der Waals surface area contributed by atoms with Gasteiger partial charge in [-0.15, -0.1) is 11.3 Å². The number of ether oxygens (including phenoxy) is 2. The quantitative estimate of drug-likeness (QED) is 0.278. The second-order valence-electron chi connectivity index (χ2n) is 6.99. The zero-order valence-electron chi connectivity index (χ0n) is 14.8. The Kier molecular flexibility index (Phi) is 7.14. The summed E-state index contributed by atoms with van der Waals surface area (Å²) in [6.07, 6.45) is 0.988. The smallest absolute Gasteiger partial charge is 0.189 e. The number of nitrogens with two attached hydrogens (primary N) is 1. The number of hydrogen-bond donors (Lipinski definition) is 2. The fraction of sp³-hybridized carbons (Fsp3) is 0.444. The Morgan fingerprint density at radius 2 is 2.04 bits per heavy atom. The molecule has 0 spiro atoms. The van der Waals surface area contributed by atoms with Crippen molar-refractivity contribution >= 4 is 30.8 Å². The van der Waals surface area contributed by atoms with Crippen LogP contribution in [0.5, 0.6) is 5.75 Å². The summed E-state index contributed by atoms with van der Waals surface area (Å²) in [5.74, 6) is 0.774. The van der Waals surface area contributed by atoms with Crippen molar-refractivity contribution in [2.45, 2.75) is 32.1 Å². The molecule has 0 fully saturated rings. The van der Waals surface area contributed by atoms with E-state index in [0.717, 1.165) is 42.7 Å². The fourth-order valence-electron chi connectivity index (χ4n) is 2.10. The highest BCUT2D eigenvalue weighted by atomic mass is 32.1. The highest BCUT2D eigenvalue weighted by Crippen LogP contribution is 2.25. The van der Waals surface area contributed by atoms with Gasteiger partial charge in [-0.05, 0) is 36.0 Å². The van der Waals surface area contributed by atoms with Crippen molar-refractivity contribution in [3.05, 3.63) is 40.6 Å². The topological polar surface area (TPSA) is 56.5 Å². The molecule has 0 radical (unpaired) electrons. The Bertz CT molecular complexity index is 612. The van der Waals surface area contributed by atoms with E-state index in [-0.39, 0.29) is 6.79 Å². The third kappa shape index (κ3) is 6.94. The Morgan fingerprint density at radius 1 is 1.21 bits per heavy atom. The molecule has 4 nitrogen and oxygen atoms in total. The summed E-state index contributed by atoms with van der Waals surface area (Å²) in [5.41, 5.74) is 7.67. The zero-order valence-corrected chi connectivity index (χ0v) is 16.6. The van der Waals surface area contributed by atoms with E-state index in [1.165, 1.54) is 4.88 Å². The fourth-order valence-corrected chi connectivity index (χ4v) is 3.57. The van der Waals surface area contributed by atoms with Crippen LogP contribution in [0.25, 0.3) is 0 Å². The van der Waals surface area contributed by atoms with E-state index in [9.17, 15) is 0 Å². The van der Waals surface area contributed by atoms with Crippen LogP contribution >= 0.6 is 11.3 Å². The van der Waals surface area contributed by atoms with Gasteiger partial charge in [-0.2, -0.15) is 0 Å². The molecule has 132 valence electrons. The van der Waals surface area contributed by atoms with Gasteiger partial charge < -0.3 is 20.5 Å². The zero-order chi connectivity index (χ0) is 17.4. The molecule has 0 bridgehead atoms. The van der Waals surface area contributed by atoms with Crippen molar-refractivity contribution in [2.75, 3.05) is 31.0 Å². The number of hydrogen-bond acceptors (Lipinski definition) is 5. The van der Waals surface area contributed by atoms with E-state index < -0.39 is 8.07 Å². The van der Waals surface area contributed by atoms with Gasteiger partial charge in [-0.3, -0.25) is 0 Å². The van der Waals surface area contributed by atoms with E-state index in [0.29, 0.717) is 0 Å². The maximum absolute atomic E-state index is 6.03. The number of nitrogens with one attached hydrogen (secondary N) is 1. The van der Waals surface area contributed by atoms with Gasteiger partial charge in [0, 0.05) is 32.2 Å². The molecule has 0 aliphatic heterocycles. The monoisotopic (exact) mass is 364 g/mol. The Labute approximate surface area is 150 Å². The first-order valence-corrected chi connectivity index (χ1v) is 12.9. The lowest BCUT2D eigenvalue weighted by atomic mass is 10.2. The standard InChI is InChI=1S/C18H28N2O2SSi/c1-24(2,3)12-10-21-14-22-15-6-7-17(19)18(13-15)20-9-8-16-5-4-11-23-16/h4-7,11,13,20H,8-10,12,14,19H2,1-3H3. The first kappa shape index (κ1) is 18.8. The van der Waals surface area contributed by atoms with Gasteiger partial charge in [0.05, 0.1) is 11.4 Å². The van der Waals surface area contributed by atoms with Crippen LogP contribution in [0.2, 0.25) is 25.7 Å². The molecule has 1 aromatic carbocycles. The summed E-state index contributed by atoms with van der Waals surface area (Å²) in [5, 5.41) is 5.48. The second-order valence-corrected chi connectivity index (χ2v) is 13.6. The lowest BCUT2D eigenvalue weighted by molar-refractivity contribution is 0.0221. The van der Waals surface area contributed by atoms with E-state index in [1.807, 2.05) is 18.2 Å². The van der Waals surface area contributed by atoms with Crippen LogP contribution in [0.15, 0.2) is 35.7 Å². The molecule has 6 heteroatoms. The number of nitrogen functional groups attached to an aromatic ring is 1. The van der Waals surface area contributed by atoms with Gasteiger partial charge in [0.1, 0.15) is 5.75 Å². The van der Waals surface area contributed by atoms with Crippen LogP contribution in [0, 0.1) is 0 Å². The molecule has 0 saturated heterocycles. The summed E-state index contributed by atoms with van der Waals surface area (Å²) < 4.78 is 11.2. The van der Waals surface area contributed by atoms with Crippen LogP contribution in [0.4, 0.5) is 11.4 Å². The third-order valence-corrected chi connectivity index (χ3v) is 6.24. The summed E-state index contributed by atoms with van der Waals surface area (Å²) >= 11 is 1.77. The minimum atomic E-state index is -1.05. The van der Waals surface area contributed by atoms with Gasteiger partial charge in [0.15, 0.2) is 6.79 Å². The Hall–Kier alpha value is -1.50. The summed E-state index contributed by atoms with van der Waals surface area (Å²) in [6.45, 7) is 8.91. The highest BCUT2D eigenvalue weighted by molar-refractivity contribution is 7.09. The van der Waals surface area contributed by atoms with Crippen LogP contribution in [0.3, 0.4) is 0 Å². The van der Waals surface area contributed by atoms with Gasteiger partial charge in [-0.25, -0.2) is 0 Å². The lowest BCUT2D eigenvalue weighted by Gasteiger charge is -2.16. The van der Waals surface area contributed by atoms with E-state index in [2.05, 4.69) is 42.5 Å². The third-order valence-electron chi connectivity index (χ3n) is 3.60. The molecule has 1 heterocycles. The van der Waals surface area contributed by atoms with Crippen molar-refractivity contribution in [2.24, 2.45) is 0 Å². The first-order valence-electron chi connectivity index (χ1n) is 8.30. The molecule has 0 saturated carbocycles. The predicted molar refractivity (Wildman–Crippen MR) is 107 cm³/mol. The summed E-state index contributed by atoms with van der Waals surface area (Å²) in [7, 11) is -1.05. The van der Waals surface area contributed by atoms with Crippen LogP contribution in [-0.4, -0.2) is 28.0 Å². The first-order chi connectivity index (χ1) is 11.4. The second kappa shape index (κ2) is 9.10. The number of anilines is 2. The predicted octanol–water partition coefficient (Wildman–Crippen LogP) is 4.68. The number of rotatable bonds is 10. The highest BCUT2D eigenvalue weighted by Gasteiger charge is 2.12. The summed E-state index contributed by atoms with van der Waals surface area (Å²) in [4.78, 5) is 1.37. The van der Waals surface area contributed by atoms with Crippen LogP contribution in [-0.2, 0) is 11.2 Å². The average Bonchev–Trinajstić information content (AvgIpc) is 3.02. The molecule has 0 aliphatic rings. The molecule has 3 N–H and O–H groups in total. The van der Waals surface area contributed by atoms with Gasteiger partial charge >= 0.3 is 0 Å². The van der Waals surface area contributed by atoms with E-state index in [1.54, 1.807) is 11.3 Å². The molecular weight excluding hydrogens is 336 g/mol. The van der Waals surface area contributed by atoms with Crippen molar-refractivity contribution < 1.29 is 9.47 Å². The molecule has 0 aliphatic carbocycles. The molecule has 0 amide bonds. The minimum absolute atomic E-state index is 0.281. The van der Waals surface area contributed by atoms with Gasteiger partial charge in [-0.1, -0.05) is 25.7 Å². The molecule has 1 aromatic heterocycles. The maximum atomic E-state index is 6.03. The van der Waals surface area contributed by atoms with Crippen molar-refractivity contribution in [1.29, 1.82) is 0 Å². The number of thiophene rings is 1. The molecule has 0 unspecified atom stereocenters. The van der Waals surface area contributed by atoms with Gasteiger partial charge in [0.25, 0.3) is 0 Å². The molecule has 24 heavy (non-hydrogen) atoms. The molecule has 0 atom stereocenters. The van der Waals surface area contributed by atoms with E-state index >= 15 is 0 Å². The normalized spacial score (nSPS) is 11.5. The largest absolute Gasteiger partial charge is 0.467 e. The Morgan fingerprint density at radius 3 is 2.75 bits per heavy atom. The summed E-state index contributed by atoms with van der Waals surface area (Å²) in [6, 6.07) is 11.0.